The third-order valence-electron chi connectivity index (χ3n) is 5.50. The van der Waals surface area contributed by atoms with E-state index < -0.39 is 0 Å². The van der Waals surface area contributed by atoms with Crippen LogP contribution < -0.4 is 10.1 Å². The molecule has 0 aliphatic carbocycles. The molecule has 1 aromatic heterocycles. The molecule has 31 heavy (non-hydrogen) atoms. The molecule has 0 radical (unpaired) electrons. The van der Waals surface area contributed by atoms with Crippen LogP contribution in [-0.4, -0.2) is 48.6 Å². The highest BCUT2D eigenvalue weighted by atomic mass is 16.5. The van der Waals surface area contributed by atoms with Gasteiger partial charge in [-0.15, -0.1) is 0 Å². The summed E-state index contributed by atoms with van der Waals surface area (Å²) < 4.78 is 10.7. The highest BCUT2D eigenvalue weighted by Gasteiger charge is 2.30. The van der Waals surface area contributed by atoms with E-state index in [9.17, 15) is 9.59 Å². The lowest BCUT2D eigenvalue weighted by Gasteiger charge is -2.23. The van der Waals surface area contributed by atoms with Gasteiger partial charge in [-0.3, -0.25) is 9.59 Å². The van der Waals surface area contributed by atoms with E-state index in [2.05, 4.69) is 10.5 Å². The number of hydrogen-bond donors (Lipinski definition) is 1. The normalized spacial score (nSPS) is 16.5. The van der Waals surface area contributed by atoms with Crippen molar-refractivity contribution in [2.24, 2.45) is 5.92 Å². The summed E-state index contributed by atoms with van der Waals surface area (Å²) in [6, 6.07) is 17.4. The van der Waals surface area contributed by atoms with Gasteiger partial charge in [-0.05, 0) is 30.5 Å². The van der Waals surface area contributed by atoms with Crippen molar-refractivity contribution in [1.29, 1.82) is 0 Å². The van der Waals surface area contributed by atoms with Crippen LogP contribution in [0.25, 0.3) is 11.1 Å². The van der Waals surface area contributed by atoms with Crippen molar-refractivity contribution in [3.05, 3.63) is 71.6 Å². The fourth-order valence-electron chi connectivity index (χ4n) is 3.95. The van der Waals surface area contributed by atoms with Crippen molar-refractivity contribution in [3.63, 3.8) is 0 Å². The summed E-state index contributed by atoms with van der Waals surface area (Å²) in [4.78, 5) is 27.3. The average molecular weight is 419 g/mol. The molecule has 1 N–H and O–H groups in total. The summed E-state index contributed by atoms with van der Waals surface area (Å²) in [6.07, 6.45) is 0.499. The number of amides is 2. The van der Waals surface area contributed by atoms with Crippen LogP contribution in [0.2, 0.25) is 0 Å². The molecule has 2 heterocycles. The van der Waals surface area contributed by atoms with Gasteiger partial charge in [0.1, 0.15) is 5.75 Å². The molecule has 1 unspecified atom stereocenters. The zero-order chi connectivity index (χ0) is 21.8. The van der Waals surface area contributed by atoms with Crippen molar-refractivity contribution in [3.8, 4) is 16.9 Å². The Morgan fingerprint density at radius 2 is 1.94 bits per heavy atom. The zero-order valence-corrected chi connectivity index (χ0v) is 17.6. The number of nitrogens with zero attached hydrogens (tertiary/aromatic N) is 2. The van der Waals surface area contributed by atoms with Crippen LogP contribution >= 0.6 is 0 Å². The first-order chi connectivity index (χ1) is 15.1. The minimum absolute atomic E-state index is 0.0566. The fourth-order valence-corrected chi connectivity index (χ4v) is 3.95. The fraction of sp³-hybridized carbons (Fsp3) is 0.292. The molecule has 2 amide bonds. The van der Waals surface area contributed by atoms with Gasteiger partial charge in [-0.2, -0.15) is 0 Å². The van der Waals surface area contributed by atoms with Crippen LogP contribution in [0.4, 0.5) is 0 Å². The molecule has 1 aliphatic rings. The SMILES string of the molecule is COc1ccccc1-c1ccccc1CC1CN(C(=O)c2cc(C)no2)CCNC1=O. The number of rotatable bonds is 5. The Balaban J connectivity index is 1.61. The number of ether oxygens (including phenoxy) is 1. The van der Waals surface area contributed by atoms with Gasteiger partial charge in [0.25, 0.3) is 5.91 Å². The number of para-hydroxylation sites is 1. The Labute approximate surface area is 181 Å². The predicted molar refractivity (Wildman–Crippen MR) is 116 cm³/mol. The predicted octanol–water partition coefficient (Wildman–Crippen LogP) is 3.09. The van der Waals surface area contributed by atoms with E-state index in [0.29, 0.717) is 31.7 Å². The average Bonchev–Trinajstić information content (AvgIpc) is 3.15. The molecule has 3 aromatic rings. The Kier molecular flexibility index (Phi) is 6.02. The van der Waals surface area contributed by atoms with Gasteiger partial charge in [-0.25, -0.2) is 0 Å². The molecule has 0 spiro atoms. The van der Waals surface area contributed by atoms with E-state index in [1.807, 2.05) is 48.5 Å². The summed E-state index contributed by atoms with van der Waals surface area (Å²) in [7, 11) is 1.65. The number of carbonyl (C=O) groups is 2. The number of aryl methyl sites for hydroxylation is 1. The summed E-state index contributed by atoms with van der Waals surface area (Å²) in [6.45, 7) is 2.91. The molecule has 0 bridgehead atoms. The number of methoxy groups -OCH3 is 1. The van der Waals surface area contributed by atoms with Crippen LogP contribution in [0.1, 0.15) is 21.8 Å². The van der Waals surface area contributed by atoms with E-state index in [4.69, 9.17) is 9.26 Å². The van der Waals surface area contributed by atoms with Gasteiger partial charge >= 0.3 is 0 Å². The van der Waals surface area contributed by atoms with Crippen LogP contribution in [0, 0.1) is 12.8 Å². The van der Waals surface area contributed by atoms with E-state index in [-0.39, 0.29) is 23.5 Å². The van der Waals surface area contributed by atoms with Gasteiger partial charge in [-0.1, -0.05) is 47.6 Å². The Morgan fingerprint density at radius 3 is 2.68 bits per heavy atom. The zero-order valence-electron chi connectivity index (χ0n) is 17.6. The maximum atomic E-state index is 12.9. The van der Waals surface area contributed by atoms with Crippen molar-refractivity contribution in [1.82, 2.24) is 15.4 Å². The Bertz CT molecular complexity index is 1090. The minimum atomic E-state index is -0.383. The molecule has 160 valence electrons. The summed E-state index contributed by atoms with van der Waals surface area (Å²) in [5.41, 5.74) is 3.66. The molecule has 7 heteroatoms. The first-order valence-corrected chi connectivity index (χ1v) is 10.3. The quantitative estimate of drug-likeness (QED) is 0.687. The van der Waals surface area contributed by atoms with Gasteiger partial charge < -0.3 is 19.5 Å². The summed E-state index contributed by atoms with van der Waals surface area (Å²) in [5, 5.41) is 6.74. The molecule has 7 nitrogen and oxygen atoms in total. The second-order valence-electron chi connectivity index (χ2n) is 7.63. The molecule has 1 aliphatic heterocycles. The monoisotopic (exact) mass is 419 g/mol. The first-order valence-electron chi connectivity index (χ1n) is 10.3. The van der Waals surface area contributed by atoms with E-state index in [0.717, 1.165) is 22.4 Å². The lowest BCUT2D eigenvalue weighted by molar-refractivity contribution is -0.124. The van der Waals surface area contributed by atoms with E-state index in [1.165, 1.54) is 0 Å². The van der Waals surface area contributed by atoms with Crippen molar-refractivity contribution in [2.75, 3.05) is 26.7 Å². The number of carbonyl (C=O) groups excluding carboxylic acids is 2. The Hall–Kier alpha value is -3.61. The second-order valence-corrected chi connectivity index (χ2v) is 7.63. The number of benzene rings is 2. The Morgan fingerprint density at radius 1 is 1.19 bits per heavy atom. The van der Waals surface area contributed by atoms with Crippen LogP contribution in [-0.2, 0) is 11.2 Å². The molecule has 4 rings (SSSR count). The molecule has 2 aromatic carbocycles. The molecule has 0 saturated carbocycles. The highest BCUT2D eigenvalue weighted by molar-refractivity contribution is 5.92. The van der Waals surface area contributed by atoms with Gasteiger partial charge in [0.15, 0.2) is 0 Å². The van der Waals surface area contributed by atoms with Crippen molar-refractivity contribution < 1.29 is 18.8 Å². The first kappa shape index (κ1) is 20.7. The smallest absolute Gasteiger partial charge is 0.292 e. The summed E-state index contributed by atoms with van der Waals surface area (Å²) in [5.74, 6) is 0.281. The highest BCUT2D eigenvalue weighted by Crippen LogP contribution is 2.33. The molecule has 1 atom stereocenters. The standard InChI is InChI=1S/C24H25N3O4/c1-16-13-22(31-26-16)24(29)27-12-11-25-23(28)18(15-27)14-17-7-3-4-8-19(17)20-9-5-6-10-21(20)30-2/h3-10,13,18H,11-12,14-15H2,1-2H3,(H,25,28). The third kappa shape index (κ3) is 4.45. The third-order valence-corrected chi connectivity index (χ3v) is 5.50. The van der Waals surface area contributed by atoms with Gasteiger partial charge in [0.05, 0.1) is 18.7 Å². The molecular weight excluding hydrogens is 394 g/mol. The van der Waals surface area contributed by atoms with Crippen LogP contribution in [0.3, 0.4) is 0 Å². The second kappa shape index (κ2) is 9.04. The van der Waals surface area contributed by atoms with E-state index in [1.54, 1.807) is 25.0 Å². The number of nitrogens with one attached hydrogen (secondary N) is 1. The minimum Gasteiger partial charge on any atom is -0.496 e. The van der Waals surface area contributed by atoms with E-state index >= 15 is 0 Å². The van der Waals surface area contributed by atoms with Crippen molar-refractivity contribution in [2.45, 2.75) is 13.3 Å². The maximum absolute atomic E-state index is 12.9. The number of hydrogen-bond acceptors (Lipinski definition) is 5. The largest absolute Gasteiger partial charge is 0.496 e. The lowest BCUT2D eigenvalue weighted by atomic mass is 9.91. The van der Waals surface area contributed by atoms with Crippen LogP contribution in [0.5, 0.6) is 5.75 Å². The molecule has 1 saturated heterocycles. The number of aromatic nitrogens is 1. The lowest BCUT2D eigenvalue weighted by Crippen LogP contribution is -2.37. The maximum Gasteiger partial charge on any atom is 0.292 e. The van der Waals surface area contributed by atoms with Crippen LogP contribution in [0.15, 0.2) is 59.1 Å². The van der Waals surface area contributed by atoms with Crippen molar-refractivity contribution >= 4 is 11.8 Å². The van der Waals surface area contributed by atoms with Gasteiger partial charge in [0.2, 0.25) is 11.7 Å². The molecule has 1 fully saturated rings. The van der Waals surface area contributed by atoms with Gasteiger partial charge in [0, 0.05) is 31.3 Å². The summed E-state index contributed by atoms with van der Waals surface area (Å²) >= 11 is 0. The topological polar surface area (TPSA) is 84.7 Å². The molecular formula is C24H25N3O4.